The van der Waals surface area contributed by atoms with Crippen LogP contribution in [0, 0.1) is 11.3 Å². The van der Waals surface area contributed by atoms with Gasteiger partial charge in [0.15, 0.2) is 0 Å². The molecule has 1 atom stereocenters. The second-order valence-electron chi connectivity index (χ2n) is 9.79. The molecule has 0 aliphatic heterocycles. The van der Waals surface area contributed by atoms with E-state index in [0.29, 0.717) is 25.0 Å². The molecule has 6 heteroatoms. The Kier molecular flexibility index (Phi) is 9.60. The van der Waals surface area contributed by atoms with Gasteiger partial charge in [-0.05, 0) is 49.1 Å². The van der Waals surface area contributed by atoms with Crippen LogP contribution >= 0.6 is 12.6 Å². The van der Waals surface area contributed by atoms with Crippen LogP contribution in [0.2, 0.25) is 0 Å². The monoisotopic (exact) mass is 482 g/mol. The summed E-state index contributed by atoms with van der Waals surface area (Å²) in [6.07, 6.45) is 3.84. The zero-order valence-electron chi connectivity index (χ0n) is 20.5. The molecule has 2 N–H and O–H groups in total. The molecule has 2 aromatic carbocycles. The first-order valence-corrected chi connectivity index (χ1v) is 12.9. The number of amides is 2. The zero-order valence-corrected chi connectivity index (χ0v) is 21.4. The van der Waals surface area contributed by atoms with Crippen molar-refractivity contribution in [3.8, 4) is 0 Å². The molecule has 5 nitrogen and oxygen atoms in total. The van der Waals surface area contributed by atoms with Crippen LogP contribution in [0.25, 0.3) is 0 Å². The SMILES string of the molecule is COC1CCC(CS)(C(=O)N[C@@H](CC(C)C)C(=O)NC(c2ccccc2)c2ccccc2)CC1. The van der Waals surface area contributed by atoms with E-state index in [2.05, 4.69) is 37.1 Å². The van der Waals surface area contributed by atoms with Crippen LogP contribution in [0.15, 0.2) is 60.7 Å². The van der Waals surface area contributed by atoms with Gasteiger partial charge < -0.3 is 15.4 Å². The lowest BCUT2D eigenvalue weighted by molar-refractivity contribution is -0.137. The van der Waals surface area contributed by atoms with Crippen LogP contribution in [0.1, 0.15) is 63.1 Å². The van der Waals surface area contributed by atoms with Gasteiger partial charge in [0.25, 0.3) is 0 Å². The van der Waals surface area contributed by atoms with E-state index >= 15 is 0 Å². The van der Waals surface area contributed by atoms with Gasteiger partial charge in [-0.3, -0.25) is 9.59 Å². The largest absolute Gasteiger partial charge is 0.381 e. The molecule has 0 radical (unpaired) electrons. The lowest BCUT2D eigenvalue weighted by atomic mass is 9.73. The van der Waals surface area contributed by atoms with E-state index in [0.717, 1.165) is 24.0 Å². The highest BCUT2D eigenvalue weighted by Crippen LogP contribution is 2.38. The maximum Gasteiger partial charge on any atom is 0.243 e. The number of nitrogens with one attached hydrogen (secondary N) is 2. The number of carbonyl (C=O) groups excluding carboxylic acids is 2. The van der Waals surface area contributed by atoms with Gasteiger partial charge in [0.05, 0.1) is 17.6 Å². The van der Waals surface area contributed by atoms with E-state index < -0.39 is 11.5 Å². The van der Waals surface area contributed by atoms with Gasteiger partial charge in [-0.25, -0.2) is 0 Å². The molecule has 1 aliphatic carbocycles. The summed E-state index contributed by atoms with van der Waals surface area (Å²) in [5.74, 6) is 0.467. The van der Waals surface area contributed by atoms with Crippen LogP contribution in [0.5, 0.6) is 0 Å². The molecule has 0 spiro atoms. The minimum absolute atomic E-state index is 0.0752. The van der Waals surface area contributed by atoms with Crippen LogP contribution in [-0.4, -0.2) is 36.8 Å². The average molecular weight is 483 g/mol. The number of rotatable bonds is 10. The number of benzene rings is 2. The standard InChI is InChI=1S/C28H38N2O3S/c1-20(2)18-24(29-27(32)28(19-34)16-14-23(33-3)15-17-28)26(31)30-25(21-10-6-4-7-11-21)22-12-8-5-9-13-22/h4-13,20,23-25,34H,14-19H2,1-3H3,(H,29,32)(H,30,31)/t23?,24-,28?/m0/s1. The van der Waals surface area contributed by atoms with Crippen molar-refractivity contribution in [3.05, 3.63) is 71.8 Å². The quantitative estimate of drug-likeness (QED) is 0.421. The van der Waals surface area contributed by atoms with Crippen LogP contribution in [0.4, 0.5) is 0 Å². The molecule has 184 valence electrons. The minimum atomic E-state index is -0.612. The number of methoxy groups -OCH3 is 1. The first kappa shape index (κ1) is 26.3. The fourth-order valence-corrected chi connectivity index (χ4v) is 5.20. The molecule has 2 aromatic rings. The molecule has 1 aliphatic rings. The van der Waals surface area contributed by atoms with E-state index in [9.17, 15) is 9.59 Å². The molecule has 0 heterocycles. The van der Waals surface area contributed by atoms with Crippen molar-refractivity contribution in [1.82, 2.24) is 10.6 Å². The van der Waals surface area contributed by atoms with Gasteiger partial charge in [0, 0.05) is 12.9 Å². The van der Waals surface area contributed by atoms with Gasteiger partial charge >= 0.3 is 0 Å². The van der Waals surface area contributed by atoms with E-state index in [-0.39, 0.29) is 29.9 Å². The second-order valence-corrected chi connectivity index (χ2v) is 10.1. The van der Waals surface area contributed by atoms with Gasteiger partial charge in [0.2, 0.25) is 11.8 Å². The highest BCUT2D eigenvalue weighted by Gasteiger charge is 2.42. The Hall–Kier alpha value is -2.31. The van der Waals surface area contributed by atoms with Crippen molar-refractivity contribution in [2.24, 2.45) is 11.3 Å². The summed E-state index contributed by atoms with van der Waals surface area (Å²) in [7, 11) is 1.72. The molecule has 34 heavy (non-hydrogen) atoms. The predicted molar refractivity (Wildman–Crippen MR) is 140 cm³/mol. The third kappa shape index (κ3) is 6.63. The third-order valence-corrected chi connectivity index (χ3v) is 7.49. The van der Waals surface area contributed by atoms with E-state index in [1.165, 1.54) is 0 Å². The Morgan fingerprint density at radius 1 is 0.971 bits per heavy atom. The Bertz CT molecular complexity index is 872. The molecule has 0 bridgehead atoms. The number of hydrogen-bond donors (Lipinski definition) is 3. The normalized spacial score (nSPS) is 21.3. The first-order valence-electron chi connectivity index (χ1n) is 12.2. The van der Waals surface area contributed by atoms with Gasteiger partial charge in [-0.2, -0.15) is 12.6 Å². The van der Waals surface area contributed by atoms with E-state index in [4.69, 9.17) is 4.74 Å². The summed E-state index contributed by atoms with van der Waals surface area (Å²) in [5.41, 5.74) is 1.44. The molecule has 2 amide bonds. The van der Waals surface area contributed by atoms with Crippen molar-refractivity contribution in [1.29, 1.82) is 0 Å². The third-order valence-electron chi connectivity index (χ3n) is 6.89. The number of carbonyl (C=O) groups is 2. The average Bonchev–Trinajstić information content (AvgIpc) is 2.87. The Labute approximate surface area is 209 Å². The van der Waals surface area contributed by atoms with Crippen LogP contribution < -0.4 is 10.6 Å². The summed E-state index contributed by atoms with van der Waals surface area (Å²) in [6.45, 7) is 4.13. The van der Waals surface area contributed by atoms with Crippen molar-refractivity contribution in [2.75, 3.05) is 12.9 Å². The van der Waals surface area contributed by atoms with Crippen LogP contribution in [0.3, 0.4) is 0 Å². The van der Waals surface area contributed by atoms with Crippen molar-refractivity contribution < 1.29 is 14.3 Å². The molecule has 0 aromatic heterocycles. The number of ether oxygens (including phenoxy) is 1. The lowest BCUT2D eigenvalue weighted by Gasteiger charge is -2.38. The van der Waals surface area contributed by atoms with Crippen molar-refractivity contribution in [2.45, 2.75) is 64.1 Å². The number of thiol groups is 1. The Balaban J connectivity index is 1.79. The lowest BCUT2D eigenvalue weighted by Crippen LogP contribution is -2.54. The predicted octanol–water partition coefficient (Wildman–Crippen LogP) is 4.93. The van der Waals surface area contributed by atoms with E-state index in [1.807, 2.05) is 60.7 Å². The summed E-state index contributed by atoms with van der Waals surface area (Å²) < 4.78 is 5.49. The first-order chi connectivity index (χ1) is 16.4. The molecule has 0 saturated heterocycles. The summed E-state index contributed by atoms with van der Waals surface area (Å²) in [4.78, 5) is 27.1. The molecule has 1 saturated carbocycles. The summed E-state index contributed by atoms with van der Waals surface area (Å²) in [6, 6.07) is 18.9. The number of hydrogen-bond acceptors (Lipinski definition) is 4. The zero-order chi connectivity index (χ0) is 24.6. The fourth-order valence-electron chi connectivity index (χ4n) is 4.74. The highest BCUT2D eigenvalue weighted by molar-refractivity contribution is 7.80. The second kappa shape index (κ2) is 12.4. The van der Waals surface area contributed by atoms with E-state index in [1.54, 1.807) is 7.11 Å². The van der Waals surface area contributed by atoms with Gasteiger partial charge in [-0.1, -0.05) is 74.5 Å². The molecule has 0 unspecified atom stereocenters. The van der Waals surface area contributed by atoms with Crippen LogP contribution in [-0.2, 0) is 14.3 Å². The minimum Gasteiger partial charge on any atom is -0.381 e. The fraction of sp³-hybridized carbons (Fsp3) is 0.500. The maximum atomic E-state index is 13.6. The Morgan fingerprint density at radius 2 is 1.50 bits per heavy atom. The molecular weight excluding hydrogens is 444 g/mol. The van der Waals surface area contributed by atoms with Crippen molar-refractivity contribution in [3.63, 3.8) is 0 Å². The smallest absolute Gasteiger partial charge is 0.243 e. The maximum absolute atomic E-state index is 13.6. The van der Waals surface area contributed by atoms with Gasteiger partial charge in [-0.15, -0.1) is 0 Å². The Morgan fingerprint density at radius 3 is 1.94 bits per heavy atom. The molecule has 3 rings (SSSR count). The summed E-state index contributed by atoms with van der Waals surface area (Å²) >= 11 is 4.54. The molecule has 1 fully saturated rings. The highest BCUT2D eigenvalue weighted by atomic mass is 32.1. The topological polar surface area (TPSA) is 67.4 Å². The molecular formula is C28H38N2O3S. The van der Waals surface area contributed by atoms with Gasteiger partial charge in [0.1, 0.15) is 6.04 Å². The van der Waals surface area contributed by atoms with Crippen molar-refractivity contribution >= 4 is 24.4 Å². The summed E-state index contributed by atoms with van der Waals surface area (Å²) in [5, 5.41) is 6.33.